The molecule has 3 aromatic rings. The normalized spacial score (nSPS) is 12.2. The van der Waals surface area contributed by atoms with E-state index in [1.807, 2.05) is 5.38 Å². The molecule has 0 aliphatic heterocycles. The largest absolute Gasteiger partial charge is 0.416 e. The summed E-state index contributed by atoms with van der Waals surface area (Å²) in [6, 6.07) is 5.00. The molecule has 18 heavy (non-hydrogen) atoms. The summed E-state index contributed by atoms with van der Waals surface area (Å²) in [7, 11) is 0. The average molecular weight is 269 g/mol. The summed E-state index contributed by atoms with van der Waals surface area (Å²) < 4.78 is 38.9. The van der Waals surface area contributed by atoms with Crippen LogP contribution in [0.15, 0.2) is 36.0 Å². The molecule has 92 valence electrons. The summed E-state index contributed by atoms with van der Waals surface area (Å²) in [5, 5.41) is 5.84. The van der Waals surface area contributed by atoms with Gasteiger partial charge >= 0.3 is 6.18 Å². The highest BCUT2D eigenvalue weighted by molar-refractivity contribution is 7.15. The number of aromatic nitrogens is 3. The van der Waals surface area contributed by atoms with Crippen molar-refractivity contribution in [1.82, 2.24) is 14.6 Å². The Morgan fingerprint density at radius 1 is 1.11 bits per heavy atom. The van der Waals surface area contributed by atoms with E-state index in [0.29, 0.717) is 10.5 Å². The highest BCUT2D eigenvalue weighted by Gasteiger charge is 2.30. The first kappa shape index (κ1) is 11.2. The number of nitrogens with zero attached hydrogens (tertiary/aromatic N) is 3. The first-order valence-corrected chi connectivity index (χ1v) is 5.88. The lowest BCUT2D eigenvalue weighted by Gasteiger charge is -2.06. The first-order valence-electron chi connectivity index (χ1n) is 5.00. The van der Waals surface area contributed by atoms with Crippen molar-refractivity contribution in [3.63, 3.8) is 0 Å². The van der Waals surface area contributed by atoms with Gasteiger partial charge in [0, 0.05) is 10.9 Å². The predicted molar refractivity (Wildman–Crippen MR) is 61.3 cm³/mol. The van der Waals surface area contributed by atoms with Gasteiger partial charge in [-0.2, -0.15) is 18.3 Å². The Kier molecular flexibility index (Phi) is 2.37. The fourth-order valence-corrected chi connectivity index (χ4v) is 2.46. The maximum atomic E-state index is 12.4. The van der Waals surface area contributed by atoms with Gasteiger partial charge in [-0.15, -0.1) is 11.3 Å². The van der Waals surface area contributed by atoms with Crippen LogP contribution < -0.4 is 0 Å². The van der Waals surface area contributed by atoms with Gasteiger partial charge in [0.15, 0.2) is 0 Å². The van der Waals surface area contributed by atoms with E-state index in [1.54, 1.807) is 4.52 Å². The second kappa shape index (κ2) is 3.81. The van der Waals surface area contributed by atoms with Crippen LogP contribution >= 0.6 is 11.3 Å². The van der Waals surface area contributed by atoms with E-state index in [1.165, 1.54) is 29.8 Å². The third-order valence-electron chi connectivity index (χ3n) is 2.53. The van der Waals surface area contributed by atoms with E-state index >= 15 is 0 Å². The van der Waals surface area contributed by atoms with Gasteiger partial charge < -0.3 is 0 Å². The van der Waals surface area contributed by atoms with Crippen LogP contribution in [0.2, 0.25) is 0 Å². The second-order valence-electron chi connectivity index (χ2n) is 3.65. The summed E-state index contributed by atoms with van der Waals surface area (Å²) in [4.78, 5) is 4.72. The molecule has 0 spiro atoms. The lowest BCUT2D eigenvalue weighted by Crippen LogP contribution is -2.04. The number of benzene rings is 1. The number of alkyl halides is 3. The van der Waals surface area contributed by atoms with E-state index in [-0.39, 0.29) is 0 Å². The van der Waals surface area contributed by atoms with Gasteiger partial charge in [-0.1, -0.05) is 12.1 Å². The average Bonchev–Trinajstić information content (AvgIpc) is 2.89. The van der Waals surface area contributed by atoms with Gasteiger partial charge in [-0.05, 0) is 12.1 Å². The van der Waals surface area contributed by atoms with Crippen molar-refractivity contribution >= 4 is 16.3 Å². The minimum atomic E-state index is -4.31. The molecule has 0 fully saturated rings. The van der Waals surface area contributed by atoms with E-state index < -0.39 is 11.7 Å². The molecule has 1 aromatic carbocycles. The highest BCUT2D eigenvalue weighted by atomic mass is 32.1. The summed E-state index contributed by atoms with van der Waals surface area (Å²) in [5.41, 5.74) is 0.761. The molecular weight excluding hydrogens is 263 g/mol. The third-order valence-corrected chi connectivity index (χ3v) is 3.36. The Balaban J connectivity index is 2.06. The summed E-state index contributed by atoms with van der Waals surface area (Å²) in [6.45, 7) is 0. The van der Waals surface area contributed by atoms with Crippen LogP contribution in [0.3, 0.4) is 0 Å². The molecular formula is C11H6F3N3S. The maximum absolute atomic E-state index is 12.4. The molecule has 2 aromatic heterocycles. The zero-order valence-corrected chi connectivity index (χ0v) is 9.66. The molecule has 3 nitrogen and oxygen atoms in total. The van der Waals surface area contributed by atoms with Gasteiger partial charge in [0.1, 0.15) is 6.33 Å². The Morgan fingerprint density at radius 2 is 1.83 bits per heavy atom. The number of hydrogen-bond donors (Lipinski definition) is 0. The van der Waals surface area contributed by atoms with Crippen LogP contribution in [0.4, 0.5) is 13.2 Å². The van der Waals surface area contributed by atoms with Crippen LogP contribution in [0.1, 0.15) is 5.56 Å². The van der Waals surface area contributed by atoms with E-state index in [2.05, 4.69) is 10.1 Å². The van der Waals surface area contributed by atoms with Gasteiger partial charge in [0.05, 0.1) is 11.3 Å². The number of fused-ring (bicyclic) bond motifs is 1. The number of halogens is 3. The molecule has 0 atom stereocenters. The third kappa shape index (κ3) is 1.76. The molecule has 0 aliphatic rings. The van der Waals surface area contributed by atoms with Crippen LogP contribution in [0.5, 0.6) is 0 Å². The van der Waals surface area contributed by atoms with E-state index in [4.69, 9.17) is 0 Å². The van der Waals surface area contributed by atoms with Crippen molar-refractivity contribution in [1.29, 1.82) is 0 Å². The zero-order valence-electron chi connectivity index (χ0n) is 8.85. The quantitative estimate of drug-likeness (QED) is 0.677. The van der Waals surface area contributed by atoms with Crippen LogP contribution in [-0.2, 0) is 6.18 Å². The van der Waals surface area contributed by atoms with Crippen molar-refractivity contribution < 1.29 is 13.2 Å². The van der Waals surface area contributed by atoms with Gasteiger partial charge in [0.25, 0.3) is 0 Å². The molecule has 0 amide bonds. The Hall–Kier alpha value is -1.89. The van der Waals surface area contributed by atoms with Crippen molar-refractivity contribution in [3.05, 3.63) is 41.5 Å². The Labute approximate surface area is 104 Å². The zero-order chi connectivity index (χ0) is 12.8. The summed E-state index contributed by atoms with van der Waals surface area (Å²) in [6.07, 6.45) is -2.89. The van der Waals surface area contributed by atoms with Crippen molar-refractivity contribution in [2.45, 2.75) is 6.18 Å². The molecule has 0 saturated heterocycles. The molecule has 0 aliphatic carbocycles. The monoisotopic (exact) mass is 269 g/mol. The number of rotatable bonds is 1. The van der Waals surface area contributed by atoms with Crippen molar-refractivity contribution in [2.75, 3.05) is 0 Å². The SMILES string of the molecule is FC(F)(F)c1ccc(-c2csc3ncnn23)cc1. The van der Waals surface area contributed by atoms with Crippen molar-refractivity contribution in [2.24, 2.45) is 0 Å². The standard InChI is InChI=1S/C11H6F3N3S/c12-11(13,14)8-3-1-7(2-4-8)9-5-18-10-15-6-16-17(9)10/h1-6H. The van der Waals surface area contributed by atoms with Crippen LogP contribution in [0.25, 0.3) is 16.2 Å². The van der Waals surface area contributed by atoms with Crippen LogP contribution in [-0.4, -0.2) is 14.6 Å². The molecule has 2 heterocycles. The molecule has 7 heteroatoms. The van der Waals surface area contributed by atoms with Gasteiger partial charge in [-0.25, -0.2) is 9.50 Å². The molecule has 0 N–H and O–H groups in total. The molecule has 0 saturated carbocycles. The predicted octanol–water partition coefficient (Wildman–Crippen LogP) is 3.48. The number of hydrogen-bond acceptors (Lipinski definition) is 3. The topological polar surface area (TPSA) is 30.2 Å². The second-order valence-corrected chi connectivity index (χ2v) is 4.49. The van der Waals surface area contributed by atoms with Gasteiger partial charge in [0.2, 0.25) is 4.96 Å². The van der Waals surface area contributed by atoms with E-state index in [9.17, 15) is 13.2 Å². The minimum absolute atomic E-state index is 0.656. The highest BCUT2D eigenvalue weighted by Crippen LogP contribution is 2.31. The molecule has 3 rings (SSSR count). The summed E-state index contributed by atoms with van der Waals surface area (Å²) in [5.74, 6) is 0. The Bertz CT molecular complexity index is 681. The van der Waals surface area contributed by atoms with Crippen molar-refractivity contribution in [3.8, 4) is 11.3 Å². The fourth-order valence-electron chi connectivity index (χ4n) is 1.66. The lowest BCUT2D eigenvalue weighted by atomic mass is 10.1. The fraction of sp³-hybridized carbons (Fsp3) is 0.0909. The van der Waals surface area contributed by atoms with Crippen LogP contribution in [0, 0.1) is 0 Å². The van der Waals surface area contributed by atoms with Gasteiger partial charge in [-0.3, -0.25) is 0 Å². The Morgan fingerprint density at radius 3 is 2.50 bits per heavy atom. The molecule has 0 radical (unpaired) electrons. The summed E-state index contributed by atoms with van der Waals surface area (Å²) >= 11 is 1.39. The first-order chi connectivity index (χ1) is 8.55. The smallest absolute Gasteiger partial charge is 0.206 e. The maximum Gasteiger partial charge on any atom is 0.416 e. The van der Waals surface area contributed by atoms with E-state index in [0.717, 1.165) is 17.8 Å². The molecule has 0 unspecified atom stereocenters. The minimum Gasteiger partial charge on any atom is -0.206 e. The lowest BCUT2D eigenvalue weighted by molar-refractivity contribution is -0.137. The number of thiazole rings is 1. The molecule has 0 bridgehead atoms.